The van der Waals surface area contributed by atoms with E-state index in [0.29, 0.717) is 5.92 Å². The molecular formula is C17H20Cl2N2. The molecule has 0 radical (unpaired) electrons. The van der Waals surface area contributed by atoms with Crippen molar-refractivity contribution in [1.82, 2.24) is 10.3 Å². The number of hydrogen-bond donors (Lipinski definition) is 1. The number of nitrogens with one attached hydrogen (secondary N) is 1. The van der Waals surface area contributed by atoms with Gasteiger partial charge in [-0.3, -0.25) is 4.98 Å². The van der Waals surface area contributed by atoms with Crippen molar-refractivity contribution in [3.8, 4) is 0 Å². The Balaban J connectivity index is 2.11. The lowest BCUT2D eigenvalue weighted by Gasteiger charge is -2.19. The van der Waals surface area contributed by atoms with Gasteiger partial charge >= 0.3 is 0 Å². The van der Waals surface area contributed by atoms with Crippen LogP contribution >= 0.6 is 23.2 Å². The van der Waals surface area contributed by atoms with Crippen molar-refractivity contribution in [3.05, 3.63) is 63.9 Å². The highest BCUT2D eigenvalue weighted by Gasteiger charge is 2.14. The summed E-state index contributed by atoms with van der Waals surface area (Å²) >= 11 is 12.5. The molecule has 0 saturated carbocycles. The van der Waals surface area contributed by atoms with Crippen LogP contribution in [0, 0.1) is 5.92 Å². The van der Waals surface area contributed by atoms with Crippen LogP contribution in [0.4, 0.5) is 0 Å². The summed E-state index contributed by atoms with van der Waals surface area (Å²) in [5.41, 5.74) is 2.33. The van der Waals surface area contributed by atoms with E-state index in [-0.39, 0.29) is 0 Å². The molecule has 0 saturated heterocycles. The topological polar surface area (TPSA) is 24.9 Å². The molecule has 1 unspecified atom stereocenters. The first-order valence-electron chi connectivity index (χ1n) is 7.23. The van der Waals surface area contributed by atoms with E-state index in [9.17, 15) is 0 Å². The minimum absolute atomic E-state index is 0.449. The highest BCUT2D eigenvalue weighted by atomic mass is 35.5. The molecule has 0 aliphatic rings. The zero-order chi connectivity index (χ0) is 15.1. The fraction of sp³-hybridized carbons (Fsp3) is 0.353. The summed E-state index contributed by atoms with van der Waals surface area (Å²) in [7, 11) is 0. The minimum Gasteiger partial charge on any atom is -0.317 e. The first-order chi connectivity index (χ1) is 10.2. The quantitative estimate of drug-likeness (QED) is 0.817. The van der Waals surface area contributed by atoms with E-state index < -0.39 is 0 Å². The van der Waals surface area contributed by atoms with E-state index in [4.69, 9.17) is 23.2 Å². The van der Waals surface area contributed by atoms with E-state index in [2.05, 4.69) is 23.3 Å². The van der Waals surface area contributed by atoms with Gasteiger partial charge in [0.05, 0.1) is 5.02 Å². The van der Waals surface area contributed by atoms with Gasteiger partial charge in [0.2, 0.25) is 0 Å². The summed E-state index contributed by atoms with van der Waals surface area (Å²) in [5, 5.41) is 4.99. The molecule has 0 spiro atoms. The number of aromatic nitrogens is 1. The number of rotatable bonds is 7. The Morgan fingerprint density at radius 2 is 1.76 bits per heavy atom. The van der Waals surface area contributed by atoms with E-state index in [0.717, 1.165) is 41.5 Å². The van der Waals surface area contributed by atoms with Gasteiger partial charge in [-0.25, -0.2) is 0 Å². The van der Waals surface area contributed by atoms with E-state index in [1.807, 2.05) is 24.3 Å². The molecule has 1 aromatic heterocycles. The van der Waals surface area contributed by atoms with Crippen molar-refractivity contribution in [1.29, 1.82) is 0 Å². The van der Waals surface area contributed by atoms with Crippen molar-refractivity contribution >= 4 is 23.2 Å². The van der Waals surface area contributed by atoms with Crippen molar-refractivity contribution in [2.24, 2.45) is 5.92 Å². The molecule has 2 aromatic rings. The van der Waals surface area contributed by atoms with Crippen LogP contribution in [0.3, 0.4) is 0 Å². The predicted molar refractivity (Wildman–Crippen MR) is 90.1 cm³/mol. The van der Waals surface area contributed by atoms with E-state index in [1.54, 1.807) is 12.4 Å². The summed E-state index contributed by atoms with van der Waals surface area (Å²) in [4.78, 5) is 4.04. The third-order valence-electron chi connectivity index (χ3n) is 3.51. The smallest absolute Gasteiger partial charge is 0.0621 e. The van der Waals surface area contributed by atoms with E-state index >= 15 is 0 Å². The lowest BCUT2D eigenvalue weighted by molar-refractivity contribution is 0.478. The molecule has 2 rings (SSSR count). The van der Waals surface area contributed by atoms with Crippen LogP contribution in [0.25, 0.3) is 0 Å². The Morgan fingerprint density at radius 3 is 2.43 bits per heavy atom. The van der Waals surface area contributed by atoms with Crippen LogP contribution in [-0.4, -0.2) is 18.1 Å². The second-order valence-corrected chi connectivity index (χ2v) is 5.95. The van der Waals surface area contributed by atoms with Crippen molar-refractivity contribution < 1.29 is 0 Å². The summed E-state index contributed by atoms with van der Waals surface area (Å²) < 4.78 is 0. The van der Waals surface area contributed by atoms with Crippen molar-refractivity contribution in [2.45, 2.75) is 19.8 Å². The van der Waals surface area contributed by atoms with Crippen LogP contribution in [0.15, 0.2) is 42.7 Å². The second kappa shape index (κ2) is 8.38. The molecule has 0 fully saturated rings. The highest BCUT2D eigenvalue weighted by molar-refractivity contribution is 6.31. The Kier molecular flexibility index (Phi) is 6.50. The summed E-state index contributed by atoms with van der Waals surface area (Å²) in [5.74, 6) is 0.449. The molecule has 1 atom stereocenters. The normalized spacial score (nSPS) is 12.3. The minimum atomic E-state index is 0.449. The maximum atomic E-state index is 6.28. The van der Waals surface area contributed by atoms with E-state index in [1.165, 1.54) is 5.56 Å². The maximum absolute atomic E-state index is 6.28. The van der Waals surface area contributed by atoms with Gasteiger partial charge in [0.25, 0.3) is 0 Å². The van der Waals surface area contributed by atoms with Crippen LogP contribution in [-0.2, 0) is 12.8 Å². The third kappa shape index (κ3) is 4.99. The largest absolute Gasteiger partial charge is 0.317 e. The zero-order valence-corrected chi connectivity index (χ0v) is 13.7. The fourth-order valence-electron chi connectivity index (χ4n) is 2.42. The fourth-order valence-corrected chi connectivity index (χ4v) is 2.83. The molecule has 1 aromatic carbocycles. The van der Waals surface area contributed by atoms with Gasteiger partial charge in [0.1, 0.15) is 0 Å². The average Bonchev–Trinajstić information content (AvgIpc) is 2.49. The molecule has 0 aliphatic carbocycles. The molecule has 112 valence electrons. The van der Waals surface area contributed by atoms with Gasteiger partial charge in [-0.1, -0.05) is 48.3 Å². The summed E-state index contributed by atoms with van der Waals surface area (Å²) in [6.45, 7) is 4.02. The average molecular weight is 323 g/mol. The molecule has 0 aliphatic heterocycles. The number of nitrogens with zero attached hydrogens (tertiary/aromatic N) is 1. The molecule has 2 nitrogen and oxygen atoms in total. The molecule has 1 heterocycles. The molecule has 1 N–H and O–H groups in total. The second-order valence-electron chi connectivity index (χ2n) is 5.14. The first-order valence-corrected chi connectivity index (χ1v) is 7.98. The van der Waals surface area contributed by atoms with Gasteiger partial charge in [-0.2, -0.15) is 0 Å². The predicted octanol–water partition coefficient (Wildman–Crippen LogP) is 4.40. The molecule has 21 heavy (non-hydrogen) atoms. The monoisotopic (exact) mass is 322 g/mol. The van der Waals surface area contributed by atoms with Gasteiger partial charge < -0.3 is 5.32 Å². The lowest BCUT2D eigenvalue weighted by atomic mass is 9.92. The Labute approximate surface area is 136 Å². The number of pyridine rings is 1. The van der Waals surface area contributed by atoms with Crippen LogP contribution in [0.1, 0.15) is 18.1 Å². The van der Waals surface area contributed by atoms with Gasteiger partial charge in [-0.15, -0.1) is 0 Å². The van der Waals surface area contributed by atoms with Crippen LogP contribution < -0.4 is 5.32 Å². The number of halogens is 2. The summed E-state index contributed by atoms with van der Waals surface area (Å²) in [6.07, 6.45) is 5.35. The Morgan fingerprint density at radius 1 is 1.05 bits per heavy atom. The lowest BCUT2D eigenvalue weighted by Crippen LogP contribution is -2.26. The van der Waals surface area contributed by atoms with Crippen molar-refractivity contribution in [2.75, 3.05) is 13.1 Å². The highest BCUT2D eigenvalue weighted by Crippen LogP contribution is 2.23. The maximum Gasteiger partial charge on any atom is 0.0621 e. The SMILES string of the molecule is CCNCC(Cc1ccccc1Cl)Cc1ccncc1Cl. The van der Waals surface area contributed by atoms with Crippen LogP contribution in [0.5, 0.6) is 0 Å². The molecule has 0 bridgehead atoms. The Bertz CT molecular complexity index is 525. The third-order valence-corrected chi connectivity index (χ3v) is 4.22. The number of hydrogen-bond acceptors (Lipinski definition) is 2. The van der Waals surface area contributed by atoms with Crippen LogP contribution in [0.2, 0.25) is 10.0 Å². The van der Waals surface area contributed by atoms with Gasteiger partial charge in [-0.05, 0) is 55.1 Å². The summed E-state index contributed by atoms with van der Waals surface area (Å²) in [6, 6.07) is 10.0. The first kappa shape index (κ1) is 16.3. The zero-order valence-electron chi connectivity index (χ0n) is 12.2. The molecule has 0 amide bonds. The standard InChI is InChI=1S/C17H20Cl2N2/c1-2-20-11-13(9-14-5-3-4-6-16(14)18)10-15-7-8-21-12-17(15)19/h3-8,12-13,20H,2,9-11H2,1H3. The molecule has 4 heteroatoms. The molecular weight excluding hydrogens is 303 g/mol. The van der Waals surface area contributed by atoms with Gasteiger partial charge in [0, 0.05) is 17.4 Å². The van der Waals surface area contributed by atoms with Crippen molar-refractivity contribution in [3.63, 3.8) is 0 Å². The number of benzene rings is 1. The van der Waals surface area contributed by atoms with Gasteiger partial charge in [0.15, 0.2) is 0 Å². The Hall–Kier alpha value is -1.09.